The largest absolute Gasteiger partial charge is 0.356 e. The van der Waals surface area contributed by atoms with Gasteiger partial charge in [-0.1, -0.05) is 17.7 Å². The summed E-state index contributed by atoms with van der Waals surface area (Å²) in [5, 5.41) is 11.5. The van der Waals surface area contributed by atoms with Gasteiger partial charge >= 0.3 is 0 Å². The lowest BCUT2D eigenvalue weighted by atomic mass is 10.1. The van der Waals surface area contributed by atoms with Crippen LogP contribution in [-0.4, -0.2) is 40.4 Å². The van der Waals surface area contributed by atoms with Gasteiger partial charge in [-0.3, -0.25) is 4.99 Å². The predicted molar refractivity (Wildman–Crippen MR) is 112 cm³/mol. The Morgan fingerprint density at radius 1 is 1.46 bits per heavy atom. The van der Waals surface area contributed by atoms with Crippen LogP contribution < -0.4 is 10.6 Å². The van der Waals surface area contributed by atoms with E-state index >= 15 is 0 Å². The Kier molecular flexibility index (Phi) is 7.63. The summed E-state index contributed by atoms with van der Waals surface area (Å²) in [6.07, 6.45) is 2.35. The maximum Gasteiger partial charge on any atom is 0.191 e. The SMILES string of the molecule is CN=C(NCCc1c(F)cccc1Cl)NC1CCc2nc(C)nn2C1.I. The number of nitrogens with zero attached hydrogens (tertiary/aromatic N) is 4. The monoisotopic (exact) mass is 492 g/mol. The van der Waals surface area contributed by atoms with Crippen LogP contribution in [0, 0.1) is 12.7 Å². The van der Waals surface area contributed by atoms with E-state index in [-0.39, 0.29) is 35.8 Å². The Morgan fingerprint density at radius 3 is 3.00 bits per heavy atom. The zero-order valence-electron chi connectivity index (χ0n) is 14.8. The van der Waals surface area contributed by atoms with Crippen LogP contribution in [0.2, 0.25) is 5.02 Å². The smallest absolute Gasteiger partial charge is 0.191 e. The Labute approximate surface area is 174 Å². The van der Waals surface area contributed by atoms with Crippen molar-refractivity contribution in [3.63, 3.8) is 0 Å². The summed E-state index contributed by atoms with van der Waals surface area (Å²) >= 11 is 6.05. The standard InChI is InChI=1S/C17H22ClFN6.HI/c1-11-22-16-7-6-12(10-25(16)24-11)23-17(20-2)21-9-8-13-14(18)4-3-5-15(13)19;/h3-5,12H,6-10H2,1-2H3,(H2,20,21,23);1H. The van der Waals surface area contributed by atoms with E-state index in [2.05, 4.69) is 25.7 Å². The third-order valence-corrected chi connectivity index (χ3v) is 4.61. The fourth-order valence-electron chi connectivity index (χ4n) is 3.02. The molecule has 26 heavy (non-hydrogen) atoms. The number of hydrogen-bond acceptors (Lipinski definition) is 3. The van der Waals surface area contributed by atoms with E-state index < -0.39 is 0 Å². The predicted octanol–water partition coefficient (Wildman–Crippen LogP) is 2.72. The Bertz CT molecular complexity index is 758. The molecule has 0 bridgehead atoms. The first-order valence-corrected chi connectivity index (χ1v) is 8.75. The number of aromatic nitrogens is 3. The summed E-state index contributed by atoms with van der Waals surface area (Å²) in [4.78, 5) is 8.66. The fraction of sp³-hybridized carbons (Fsp3) is 0.471. The lowest BCUT2D eigenvalue weighted by Gasteiger charge is -2.25. The zero-order valence-corrected chi connectivity index (χ0v) is 17.9. The minimum Gasteiger partial charge on any atom is -0.356 e. The topological polar surface area (TPSA) is 67.1 Å². The van der Waals surface area contributed by atoms with Crippen LogP contribution in [0.3, 0.4) is 0 Å². The average Bonchev–Trinajstić information content (AvgIpc) is 2.95. The molecule has 0 saturated carbocycles. The van der Waals surface area contributed by atoms with Crippen molar-refractivity contribution in [1.82, 2.24) is 25.4 Å². The molecule has 0 spiro atoms. The summed E-state index contributed by atoms with van der Waals surface area (Å²) < 4.78 is 15.7. The number of hydrogen-bond donors (Lipinski definition) is 2. The highest BCUT2D eigenvalue weighted by molar-refractivity contribution is 14.0. The second-order valence-corrected chi connectivity index (χ2v) is 6.49. The number of aryl methyl sites for hydroxylation is 2. The van der Waals surface area contributed by atoms with Gasteiger partial charge < -0.3 is 10.6 Å². The zero-order chi connectivity index (χ0) is 17.8. The van der Waals surface area contributed by atoms with Crippen LogP contribution >= 0.6 is 35.6 Å². The lowest BCUT2D eigenvalue weighted by molar-refractivity contribution is 0.392. The molecule has 2 heterocycles. The summed E-state index contributed by atoms with van der Waals surface area (Å²) in [5.74, 6) is 2.25. The average molecular weight is 493 g/mol. The van der Waals surface area contributed by atoms with E-state index in [1.165, 1.54) is 6.07 Å². The summed E-state index contributed by atoms with van der Waals surface area (Å²) in [5.41, 5.74) is 0.521. The lowest BCUT2D eigenvalue weighted by Crippen LogP contribution is -2.47. The van der Waals surface area contributed by atoms with Crippen LogP contribution in [0.5, 0.6) is 0 Å². The van der Waals surface area contributed by atoms with Gasteiger partial charge in [0.2, 0.25) is 0 Å². The first kappa shape index (κ1) is 20.9. The van der Waals surface area contributed by atoms with Crippen molar-refractivity contribution >= 4 is 41.5 Å². The van der Waals surface area contributed by atoms with Gasteiger partial charge in [0.05, 0.1) is 6.54 Å². The maximum atomic E-state index is 13.8. The Hall–Kier alpha value is -1.42. The first-order valence-electron chi connectivity index (χ1n) is 8.37. The van der Waals surface area contributed by atoms with E-state index in [4.69, 9.17) is 11.6 Å². The quantitative estimate of drug-likeness (QED) is 0.391. The molecule has 2 aromatic rings. The van der Waals surface area contributed by atoms with Crippen molar-refractivity contribution in [2.75, 3.05) is 13.6 Å². The second-order valence-electron chi connectivity index (χ2n) is 6.09. The molecule has 1 atom stereocenters. The van der Waals surface area contributed by atoms with Crippen molar-refractivity contribution in [2.45, 2.75) is 38.8 Å². The molecule has 1 aliphatic rings. The van der Waals surface area contributed by atoms with Crippen LogP contribution in [0.15, 0.2) is 23.2 Å². The molecule has 1 aliphatic heterocycles. The van der Waals surface area contributed by atoms with Gasteiger partial charge in [0, 0.05) is 36.6 Å². The van der Waals surface area contributed by atoms with E-state index in [1.807, 2.05) is 11.6 Å². The van der Waals surface area contributed by atoms with Gasteiger partial charge in [0.25, 0.3) is 0 Å². The molecule has 1 aromatic carbocycles. The molecule has 0 radical (unpaired) electrons. The van der Waals surface area contributed by atoms with E-state index in [1.54, 1.807) is 19.2 Å². The summed E-state index contributed by atoms with van der Waals surface area (Å²) in [6.45, 7) is 3.21. The fourth-order valence-corrected chi connectivity index (χ4v) is 3.27. The highest BCUT2D eigenvalue weighted by Gasteiger charge is 2.21. The molecule has 0 aliphatic carbocycles. The third kappa shape index (κ3) is 5.06. The number of fused-ring (bicyclic) bond motifs is 1. The number of aliphatic imine (C=N–C) groups is 1. The molecule has 1 aromatic heterocycles. The highest BCUT2D eigenvalue weighted by atomic mass is 127. The Balaban J connectivity index is 0.00000243. The molecule has 3 rings (SSSR count). The minimum absolute atomic E-state index is 0. The number of rotatable bonds is 4. The molecule has 9 heteroatoms. The minimum atomic E-state index is -0.279. The van der Waals surface area contributed by atoms with Crippen molar-refractivity contribution < 1.29 is 4.39 Å². The van der Waals surface area contributed by atoms with Gasteiger partial charge in [-0.15, -0.1) is 24.0 Å². The number of nitrogens with one attached hydrogen (secondary N) is 2. The van der Waals surface area contributed by atoms with Crippen LogP contribution in [0.25, 0.3) is 0 Å². The molecule has 0 fully saturated rings. The molecular weight excluding hydrogens is 470 g/mol. The third-order valence-electron chi connectivity index (χ3n) is 4.26. The van der Waals surface area contributed by atoms with E-state index in [0.717, 1.165) is 31.0 Å². The van der Waals surface area contributed by atoms with Gasteiger partial charge in [-0.25, -0.2) is 14.1 Å². The summed E-state index contributed by atoms with van der Waals surface area (Å²) in [6, 6.07) is 4.97. The first-order chi connectivity index (χ1) is 12.1. The van der Waals surface area contributed by atoms with Crippen molar-refractivity contribution in [1.29, 1.82) is 0 Å². The van der Waals surface area contributed by atoms with E-state index in [0.29, 0.717) is 29.5 Å². The van der Waals surface area contributed by atoms with Crippen LogP contribution in [0.4, 0.5) is 4.39 Å². The van der Waals surface area contributed by atoms with E-state index in [9.17, 15) is 4.39 Å². The number of halogens is 3. The molecule has 1 unspecified atom stereocenters. The maximum absolute atomic E-state index is 13.8. The van der Waals surface area contributed by atoms with Crippen molar-refractivity contribution in [2.24, 2.45) is 4.99 Å². The van der Waals surface area contributed by atoms with Crippen molar-refractivity contribution in [3.05, 3.63) is 46.3 Å². The molecule has 0 amide bonds. The van der Waals surface area contributed by atoms with Gasteiger partial charge in [-0.05, 0) is 31.9 Å². The molecule has 142 valence electrons. The second kappa shape index (κ2) is 9.50. The van der Waals surface area contributed by atoms with Crippen LogP contribution in [-0.2, 0) is 19.4 Å². The van der Waals surface area contributed by atoms with Crippen molar-refractivity contribution in [3.8, 4) is 0 Å². The molecular formula is C17H23ClFIN6. The highest BCUT2D eigenvalue weighted by Crippen LogP contribution is 2.19. The van der Waals surface area contributed by atoms with Crippen LogP contribution in [0.1, 0.15) is 23.6 Å². The Morgan fingerprint density at radius 2 is 2.27 bits per heavy atom. The number of guanidine groups is 1. The molecule has 6 nitrogen and oxygen atoms in total. The van der Waals surface area contributed by atoms with Gasteiger partial charge in [-0.2, -0.15) is 5.10 Å². The number of benzene rings is 1. The van der Waals surface area contributed by atoms with Gasteiger partial charge in [0.15, 0.2) is 5.96 Å². The van der Waals surface area contributed by atoms with Gasteiger partial charge in [0.1, 0.15) is 17.5 Å². The summed E-state index contributed by atoms with van der Waals surface area (Å²) in [7, 11) is 1.72. The molecule has 0 saturated heterocycles. The normalized spacial score (nSPS) is 16.6. The molecule has 2 N–H and O–H groups in total.